The van der Waals surface area contributed by atoms with Gasteiger partial charge in [-0.1, -0.05) is 5.16 Å². The minimum absolute atomic E-state index is 0.640. The molecule has 1 saturated heterocycles. The van der Waals surface area contributed by atoms with Crippen LogP contribution in [0.15, 0.2) is 4.52 Å². The van der Waals surface area contributed by atoms with Crippen molar-refractivity contribution in [1.29, 1.82) is 0 Å². The molecule has 0 spiro atoms. The highest BCUT2D eigenvalue weighted by Crippen LogP contribution is 2.25. The summed E-state index contributed by atoms with van der Waals surface area (Å²) < 4.78 is 5.07. The van der Waals surface area contributed by atoms with Crippen molar-refractivity contribution in [3.8, 4) is 0 Å². The molecule has 0 saturated carbocycles. The standard InChI is InChI=1S/C8H12N2O/c1-5-8(6(2)11-10-5)7-3-9-4-7/h7,9H,3-4H2,1-2H3. The number of hydrogen-bond acceptors (Lipinski definition) is 3. The quantitative estimate of drug-likeness (QED) is 0.651. The Bertz CT molecular complexity index is 244. The van der Waals surface area contributed by atoms with Crippen LogP contribution < -0.4 is 5.32 Å². The van der Waals surface area contributed by atoms with E-state index in [0.29, 0.717) is 5.92 Å². The molecule has 1 N–H and O–H groups in total. The van der Waals surface area contributed by atoms with Crippen molar-refractivity contribution in [2.24, 2.45) is 0 Å². The zero-order chi connectivity index (χ0) is 7.84. The molecule has 0 amide bonds. The molecule has 0 radical (unpaired) electrons. The van der Waals surface area contributed by atoms with Gasteiger partial charge in [0.2, 0.25) is 0 Å². The van der Waals surface area contributed by atoms with Crippen molar-refractivity contribution < 1.29 is 4.52 Å². The van der Waals surface area contributed by atoms with Crippen molar-refractivity contribution in [2.45, 2.75) is 19.8 Å². The van der Waals surface area contributed by atoms with Gasteiger partial charge in [-0.3, -0.25) is 0 Å². The van der Waals surface area contributed by atoms with Gasteiger partial charge in [0, 0.05) is 24.6 Å². The minimum atomic E-state index is 0.640. The van der Waals surface area contributed by atoms with E-state index in [2.05, 4.69) is 10.5 Å². The highest BCUT2D eigenvalue weighted by Gasteiger charge is 2.25. The third-order valence-corrected chi connectivity index (χ3v) is 2.28. The maximum absolute atomic E-state index is 5.07. The molecule has 60 valence electrons. The number of aromatic nitrogens is 1. The topological polar surface area (TPSA) is 38.1 Å². The molecule has 3 nitrogen and oxygen atoms in total. The van der Waals surface area contributed by atoms with Crippen LogP contribution >= 0.6 is 0 Å². The number of rotatable bonds is 1. The Morgan fingerprint density at radius 3 is 2.55 bits per heavy atom. The predicted molar refractivity (Wildman–Crippen MR) is 41.6 cm³/mol. The van der Waals surface area contributed by atoms with Crippen LogP contribution in [0.3, 0.4) is 0 Å². The normalized spacial score (nSPS) is 18.4. The van der Waals surface area contributed by atoms with Gasteiger partial charge >= 0.3 is 0 Å². The Kier molecular flexibility index (Phi) is 1.46. The molecule has 0 unspecified atom stereocenters. The largest absolute Gasteiger partial charge is 0.361 e. The summed E-state index contributed by atoms with van der Waals surface area (Å²) in [7, 11) is 0. The van der Waals surface area contributed by atoms with E-state index in [9.17, 15) is 0 Å². The third-order valence-electron chi connectivity index (χ3n) is 2.28. The number of nitrogens with zero attached hydrogens (tertiary/aromatic N) is 1. The van der Waals surface area contributed by atoms with E-state index < -0.39 is 0 Å². The van der Waals surface area contributed by atoms with Crippen molar-refractivity contribution in [2.75, 3.05) is 13.1 Å². The van der Waals surface area contributed by atoms with Crippen LogP contribution in [0, 0.1) is 13.8 Å². The van der Waals surface area contributed by atoms with Gasteiger partial charge in [0.25, 0.3) is 0 Å². The Labute approximate surface area is 65.8 Å². The van der Waals surface area contributed by atoms with Gasteiger partial charge in [0.1, 0.15) is 5.76 Å². The fourth-order valence-electron chi connectivity index (χ4n) is 1.57. The van der Waals surface area contributed by atoms with Gasteiger partial charge in [0.15, 0.2) is 0 Å². The van der Waals surface area contributed by atoms with Crippen LogP contribution in [0.5, 0.6) is 0 Å². The molecule has 0 aliphatic carbocycles. The monoisotopic (exact) mass is 152 g/mol. The molecular weight excluding hydrogens is 140 g/mol. The first-order valence-electron chi connectivity index (χ1n) is 3.92. The van der Waals surface area contributed by atoms with E-state index in [-0.39, 0.29) is 0 Å². The second-order valence-corrected chi connectivity index (χ2v) is 3.09. The molecule has 1 aromatic rings. The van der Waals surface area contributed by atoms with Gasteiger partial charge in [-0.25, -0.2) is 0 Å². The second-order valence-electron chi connectivity index (χ2n) is 3.09. The molecule has 2 rings (SSSR count). The van der Waals surface area contributed by atoms with Gasteiger partial charge in [-0.05, 0) is 13.8 Å². The molecule has 2 heterocycles. The lowest BCUT2D eigenvalue weighted by Crippen LogP contribution is -2.40. The summed E-state index contributed by atoms with van der Waals surface area (Å²) in [4.78, 5) is 0. The van der Waals surface area contributed by atoms with Crippen molar-refractivity contribution in [3.63, 3.8) is 0 Å². The molecule has 1 aromatic heterocycles. The van der Waals surface area contributed by atoms with Crippen LogP contribution in [-0.4, -0.2) is 18.2 Å². The van der Waals surface area contributed by atoms with E-state index in [1.54, 1.807) is 0 Å². The zero-order valence-electron chi connectivity index (χ0n) is 6.85. The summed E-state index contributed by atoms with van der Waals surface area (Å²) in [5, 5.41) is 7.15. The van der Waals surface area contributed by atoms with E-state index in [1.165, 1.54) is 5.56 Å². The average molecular weight is 152 g/mol. The molecule has 0 atom stereocenters. The highest BCUT2D eigenvalue weighted by atomic mass is 16.5. The lowest BCUT2D eigenvalue weighted by Gasteiger charge is -2.26. The van der Waals surface area contributed by atoms with Crippen molar-refractivity contribution in [1.82, 2.24) is 10.5 Å². The Morgan fingerprint density at radius 1 is 1.45 bits per heavy atom. The molecule has 0 bridgehead atoms. The van der Waals surface area contributed by atoms with Gasteiger partial charge in [-0.15, -0.1) is 0 Å². The second kappa shape index (κ2) is 2.34. The molecule has 1 aliphatic rings. The average Bonchev–Trinajstić information content (AvgIpc) is 2.15. The lowest BCUT2D eigenvalue weighted by atomic mass is 9.92. The van der Waals surface area contributed by atoms with Crippen LogP contribution in [-0.2, 0) is 0 Å². The minimum Gasteiger partial charge on any atom is -0.361 e. The third kappa shape index (κ3) is 0.959. The smallest absolute Gasteiger partial charge is 0.137 e. The Hall–Kier alpha value is -0.830. The van der Waals surface area contributed by atoms with Gasteiger partial charge < -0.3 is 9.84 Å². The van der Waals surface area contributed by atoms with E-state index >= 15 is 0 Å². The van der Waals surface area contributed by atoms with E-state index in [0.717, 1.165) is 24.5 Å². The molecule has 0 aromatic carbocycles. The summed E-state index contributed by atoms with van der Waals surface area (Å²) in [5.74, 6) is 1.62. The number of nitrogens with one attached hydrogen (secondary N) is 1. The van der Waals surface area contributed by atoms with E-state index in [4.69, 9.17) is 4.52 Å². The first-order chi connectivity index (χ1) is 5.29. The highest BCUT2D eigenvalue weighted by molar-refractivity contribution is 5.28. The first kappa shape index (κ1) is 6.85. The van der Waals surface area contributed by atoms with Crippen LogP contribution in [0.25, 0.3) is 0 Å². The Morgan fingerprint density at radius 2 is 2.18 bits per heavy atom. The summed E-state index contributed by atoms with van der Waals surface area (Å²) in [6.07, 6.45) is 0. The van der Waals surface area contributed by atoms with Gasteiger partial charge in [-0.2, -0.15) is 0 Å². The maximum atomic E-state index is 5.07. The lowest BCUT2D eigenvalue weighted by molar-refractivity contribution is 0.386. The fraction of sp³-hybridized carbons (Fsp3) is 0.625. The Balaban J connectivity index is 2.33. The fourth-order valence-corrected chi connectivity index (χ4v) is 1.57. The molecule has 3 heteroatoms. The predicted octanol–water partition coefficient (Wildman–Crippen LogP) is 0.978. The SMILES string of the molecule is Cc1noc(C)c1C1CNC1. The molecule has 1 fully saturated rings. The van der Waals surface area contributed by atoms with Crippen molar-refractivity contribution in [3.05, 3.63) is 17.0 Å². The molecule has 1 aliphatic heterocycles. The maximum Gasteiger partial charge on any atom is 0.137 e. The van der Waals surface area contributed by atoms with Crippen LogP contribution in [0.1, 0.15) is 22.9 Å². The van der Waals surface area contributed by atoms with Crippen molar-refractivity contribution >= 4 is 0 Å². The van der Waals surface area contributed by atoms with Gasteiger partial charge in [0.05, 0.1) is 5.69 Å². The first-order valence-corrected chi connectivity index (χ1v) is 3.92. The molecule has 11 heavy (non-hydrogen) atoms. The zero-order valence-corrected chi connectivity index (χ0v) is 6.85. The summed E-state index contributed by atoms with van der Waals surface area (Å²) in [5.41, 5.74) is 2.36. The summed E-state index contributed by atoms with van der Waals surface area (Å²) >= 11 is 0. The number of hydrogen-bond donors (Lipinski definition) is 1. The summed E-state index contributed by atoms with van der Waals surface area (Å²) in [6, 6.07) is 0. The molecular formula is C8H12N2O. The number of aryl methyl sites for hydroxylation is 2. The summed E-state index contributed by atoms with van der Waals surface area (Å²) in [6.45, 7) is 6.13. The van der Waals surface area contributed by atoms with Crippen LogP contribution in [0.4, 0.5) is 0 Å². The van der Waals surface area contributed by atoms with Crippen LogP contribution in [0.2, 0.25) is 0 Å². The van der Waals surface area contributed by atoms with E-state index in [1.807, 2.05) is 13.8 Å².